The van der Waals surface area contributed by atoms with Gasteiger partial charge in [0.1, 0.15) is 11.7 Å². The molecule has 0 spiro atoms. The van der Waals surface area contributed by atoms with Crippen molar-refractivity contribution in [2.45, 2.75) is 119 Å². The summed E-state index contributed by atoms with van der Waals surface area (Å²) in [7, 11) is 0. The Morgan fingerprint density at radius 3 is 1.82 bits per heavy atom. The summed E-state index contributed by atoms with van der Waals surface area (Å²) in [6, 6.07) is 0. The summed E-state index contributed by atoms with van der Waals surface area (Å²) in [5.41, 5.74) is 3.03. The molecule has 0 aliphatic carbocycles. The van der Waals surface area contributed by atoms with E-state index in [2.05, 4.69) is 11.5 Å². The van der Waals surface area contributed by atoms with Crippen LogP contribution in [0.3, 0.4) is 0 Å². The highest BCUT2D eigenvalue weighted by Gasteiger charge is 2.31. The van der Waals surface area contributed by atoms with Crippen LogP contribution in [0, 0.1) is 19.8 Å². The molecule has 0 aliphatic rings. The second kappa shape index (κ2) is 16.5. The molecule has 0 aromatic carbocycles. The number of rotatable bonds is 18. The lowest BCUT2D eigenvalue weighted by Crippen LogP contribution is -2.28. The van der Waals surface area contributed by atoms with Gasteiger partial charge in [0, 0.05) is 24.4 Å². The van der Waals surface area contributed by atoms with Gasteiger partial charge < -0.3 is 14.0 Å². The Kier molecular flexibility index (Phi) is 14.5. The van der Waals surface area contributed by atoms with E-state index < -0.39 is 17.9 Å². The van der Waals surface area contributed by atoms with Crippen molar-refractivity contribution < 1.29 is 23.9 Å². The van der Waals surface area contributed by atoms with Crippen LogP contribution in [-0.4, -0.2) is 35.5 Å². The maximum absolute atomic E-state index is 12.8. The van der Waals surface area contributed by atoms with Crippen LogP contribution < -0.4 is 0 Å². The molecule has 0 bridgehead atoms. The van der Waals surface area contributed by atoms with E-state index in [1.165, 1.54) is 58.3 Å². The third-order valence-electron chi connectivity index (χ3n) is 6.61. The average molecular weight is 478 g/mol. The molecule has 0 amide bonds. The van der Waals surface area contributed by atoms with Gasteiger partial charge in [-0.1, -0.05) is 64.7 Å². The predicted molar refractivity (Wildman–Crippen MR) is 136 cm³/mol. The molecule has 1 rings (SSSR count). The smallest absolute Gasteiger partial charge is 0.340 e. The highest BCUT2D eigenvalue weighted by molar-refractivity contribution is 5.99. The van der Waals surface area contributed by atoms with Crippen molar-refractivity contribution in [1.29, 1.82) is 0 Å². The lowest BCUT2D eigenvalue weighted by molar-refractivity contribution is -0.151. The van der Waals surface area contributed by atoms with Crippen LogP contribution in [0.4, 0.5) is 0 Å². The average Bonchev–Trinajstić information content (AvgIpc) is 3.02. The van der Waals surface area contributed by atoms with Gasteiger partial charge in [0.2, 0.25) is 0 Å². The minimum atomic E-state index is -0.923. The Labute approximate surface area is 206 Å². The minimum absolute atomic E-state index is 0.148. The molecule has 1 atom stereocenters. The van der Waals surface area contributed by atoms with Crippen molar-refractivity contribution in [2.24, 2.45) is 5.92 Å². The zero-order valence-corrected chi connectivity index (χ0v) is 22.5. The molecular weight excluding hydrogens is 430 g/mol. The summed E-state index contributed by atoms with van der Waals surface area (Å²) < 4.78 is 12.6. The van der Waals surface area contributed by atoms with Crippen LogP contribution in [0.2, 0.25) is 0 Å². The zero-order chi connectivity index (χ0) is 25.5. The topological polar surface area (TPSA) is 74.6 Å². The number of unbranched alkanes of at least 4 members (excludes halogenated alkanes) is 9. The van der Waals surface area contributed by atoms with E-state index in [-0.39, 0.29) is 25.4 Å². The van der Waals surface area contributed by atoms with Crippen LogP contribution in [0.15, 0.2) is 0 Å². The molecule has 194 valence electrons. The number of hydrogen-bond donors (Lipinski definition) is 0. The van der Waals surface area contributed by atoms with E-state index >= 15 is 0 Å². The number of ether oxygens (including phenoxy) is 2. The molecule has 0 aliphatic heterocycles. The Hall–Kier alpha value is -2.11. The molecule has 6 nitrogen and oxygen atoms in total. The monoisotopic (exact) mass is 477 g/mol. The van der Waals surface area contributed by atoms with Crippen molar-refractivity contribution >= 4 is 17.7 Å². The molecule has 34 heavy (non-hydrogen) atoms. The van der Waals surface area contributed by atoms with Gasteiger partial charge in [-0.2, -0.15) is 0 Å². The Morgan fingerprint density at radius 1 is 0.794 bits per heavy atom. The standard InChI is InChI=1S/C28H47NO5/c1-7-10-11-12-13-14-15-16-17-18-19-29-22(5)21(4)26(28(32)34-9-3)25(29)20-24(23(6)30)27(31)33-8-2/h24H,7-20H2,1-6H3. The first kappa shape index (κ1) is 29.9. The summed E-state index contributed by atoms with van der Waals surface area (Å²) in [6.07, 6.45) is 12.6. The lowest BCUT2D eigenvalue weighted by atomic mass is 9.96. The molecule has 0 radical (unpaired) electrons. The number of ketones is 1. The third kappa shape index (κ3) is 9.27. The molecule has 0 N–H and O–H groups in total. The van der Waals surface area contributed by atoms with Gasteiger partial charge in [-0.05, 0) is 46.6 Å². The maximum Gasteiger partial charge on any atom is 0.340 e. The van der Waals surface area contributed by atoms with E-state index in [1.807, 2.05) is 13.8 Å². The number of hydrogen-bond acceptors (Lipinski definition) is 5. The predicted octanol–water partition coefficient (Wildman–Crippen LogP) is 6.51. The van der Waals surface area contributed by atoms with Gasteiger partial charge in [0.25, 0.3) is 0 Å². The first-order valence-corrected chi connectivity index (χ1v) is 13.3. The quantitative estimate of drug-likeness (QED) is 0.137. The number of carbonyl (C=O) groups is 3. The molecule has 6 heteroatoms. The second-order valence-corrected chi connectivity index (χ2v) is 9.21. The first-order chi connectivity index (χ1) is 16.3. The fraction of sp³-hybridized carbons (Fsp3) is 0.750. The fourth-order valence-corrected chi connectivity index (χ4v) is 4.51. The van der Waals surface area contributed by atoms with Crippen molar-refractivity contribution in [3.05, 3.63) is 22.5 Å². The second-order valence-electron chi connectivity index (χ2n) is 9.21. The van der Waals surface area contributed by atoms with Crippen LogP contribution in [0.25, 0.3) is 0 Å². The van der Waals surface area contributed by atoms with E-state index in [0.29, 0.717) is 11.3 Å². The third-order valence-corrected chi connectivity index (χ3v) is 6.61. The minimum Gasteiger partial charge on any atom is -0.465 e. The highest BCUT2D eigenvalue weighted by atomic mass is 16.5. The SMILES string of the molecule is CCCCCCCCCCCCn1c(C)c(C)c(C(=O)OCC)c1CC(C(C)=O)C(=O)OCC. The zero-order valence-electron chi connectivity index (χ0n) is 22.5. The Bertz CT molecular complexity index is 780. The lowest BCUT2D eigenvalue weighted by Gasteiger charge is -2.17. The van der Waals surface area contributed by atoms with Gasteiger partial charge in [-0.25, -0.2) is 4.79 Å². The van der Waals surface area contributed by atoms with Crippen molar-refractivity contribution in [2.75, 3.05) is 13.2 Å². The number of nitrogens with zero attached hydrogens (tertiary/aromatic N) is 1. The molecule has 0 fully saturated rings. The van der Waals surface area contributed by atoms with Crippen molar-refractivity contribution in [1.82, 2.24) is 4.57 Å². The molecule has 0 saturated heterocycles. The Morgan fingerprint density at radius 2 is 1.32 bits per heavy atom. The van der Waals surface area contributed by atoms with E-state index in [0.717, 1.165) is 30.6 Å². The van der Waals surface area contributed by atoms with Crippen LogP contribution in [0.5, 0.6) is 0 Å². The van der Waals surface area contributed by atoms with Gasteiger partial charge in [-0.3, -0.25) is 9.59 Å². The molecule has 1 heterocycles. The molecule has 1 aromatic rings. The summed E-state index contributed by atoms with van der Waals surface area (Å²) in [6.45, 7) is 12.3. The number of carbonyl (C=O) groups excluding carboxylic acids is 3. The van der Waals surface area contributed by atoms with Gasteiger partial charge in [0.05, 0.1) is 18.8 Å². The first-order valence-electron chi connectivity index (χ1n) is 13.3. The van der Waals surface area contributed by atoms with Crippen molar-refractivity contribution in [3.63, 3.8) is 0 Å². The molecule has 1 aromatic heterocycles. The summed E-state index contributed by atoms with van der Waals surface area (Å²) in [5.74, 6) is -2.11. The van der Waals surface area contributed by atoms with Crippen LogP contribution in [-0.2, 0) is 32.0 Å². The normalized spacial score (nSPS) is 11.9. The van der Waals surface area contributed by atoms with Gasteiger partial charge >= 0.3 is 11.9 Å². The van der Waals surface area contributed by atoms with E-state index in [9.17, 15) is 14.4 Å². The van der Waals surface area contributed by atoms with Gasteiger partial charge in [0.15, 0.2) is 0 Å². The summed E-state index contributed by atoms with van der Waals surface area (Å²) in [5, 5.41) is 0. The molecule has 0 saturated carbocycles. The number of esters is 2. The molecular formula is C28H47NO5. The molecule has 1 unspecified atom stereocenters. The highest BCUT2D eigenvalue weighted by Crippen LogP contribution is 2.27. The number of aromatic nitrogens is 1. The Balaban J connectivity index is 2.92. The van der Waals surface area contributed by atoms with E-state index in [1.54, 1.807) is 13.8 Å². The largest absolute Gasteiger partial charge is 0.465 e. The van der Waals surface area contributed by atoms with Crippen molar-refractivity contribution in [3.8, 4) is 0 Å². The summed E-state index contributed by atoms with van der Waals surface area (Å²) in [4.78, 5) is 37.6. The van der Waals surface area contributed by atoms with Gasteiger partial charge in [-0.15, -0.1) is 0 Å². The van der Waals surface area contributed by atoms with E-state index in [4.69, 9.17) is 9.47 Å². The number of Topliss-reactive ketones (excluding diaryl/α,β-unsaturated/α-hetero) is 1. The van der Waals surface area contributed by atoms with Crippen LogP contribution >= 0.6 is 0 Å². The maximum atomic E-state index is 12.8. The fourth-order valence-electron chi connectivity index (χ4n) is 4.51. The van der Waals surface area contributed by atoms with Crippen LogP contribution in [0.1, 0.15) is 119 Å². The summed E-state index contributed by atoms with van der Waals surface area (Å²) >= 11 is 0.